The lowest BCUT2D eigenvalue weighted by Crippen LogP contribution is -2.01. The van der Waals surface area contributed by atoms with Crippen molar-refractivity contribution in [3.8, 4) is 0 Å². The Kier molecular flexibility index (Phi) is 6.17. The molecule has 0 atom stereocenters. The van der Waals surface area contributed by atoms with Gasteiger partial charge in [0, 0.05) is 20.8 Å². The number of hydrogen-bond donors (Lipinski definition) is 2. The molecule has 0 amide bonds. The van der Waals surface area contributed by atoms with Gasteiger partial charge < -0.3 is 0 Å². The zero-order chi connectivity index (χ0) is 20.8. The molecule has 0 radical (unpaired) electrons. The topological polar surface area (TPSA) is 74.6 Å². The maximum atomic E-state index is 6.00. The lowest BCUT2D eigenvalue weighted by Gasteiger charge is -2.08. The van der Waals surface area contributed by atoms with Gasteiger partial charge in [-0.05, 0) is 35.4 Å². The zero-order valence-corrected chi connectivity index (χ0v) is 17.1. The molecule has 148 valence electrons. The number of nitrogens with zero attached hydrogens (tertiary/aromatic N) is 4. The van der Waals surface area contributed by atoms with Crippen molar-refractivity contribution in [3.63, 3.8) is 0 Å². The number of benzene rings is 3. The third kappa shape index (κ3) is 4.92. The highest BCUT2D eigenvalue weighted by molar-refractivity contribution is 6.31. The highest BCUT2D eigenvalue weighted by Gasteiger charge is 2.08. The normalized spacial score (nSPS) is 11.4. The number of nitrogens with one attached hydrogen (secondary N) is 2. The first kappa shape index (κ1) is 19.8. The predicted molar refractivity (Wildman–Crippen MR) is 125 cm³/mol. The van der Waals surface area contributed by atoms with Gasteiger partial charge >= 0.3 is 0 Å². The van der Waals surface area contributed by atoms with Gasteiger partial charge in [0.1, 0.15) is 0 Å². The Bertz CT molecular complexity index is 1140. The summed E-state index contributed by atoms with van der Waals surface area (Å²) in [5, 5.41) is 20.0. The van der Waals surface area contributed by atoms with Crippen LogP contribution in [-0.4, -0.2) is 22.6 Å². The van der Waals surface area contributed by atoms with E-state index >= 15 is 0 Å². The molecule has 6 nitrogen and oxygen atoms in total. The molecule has 0 aliphatic rings. The van der Waals surface area contributed by atoms with Gasteiger partial charge in [0.15, 0.2) is 11.6 Å². The van der Waals surface area contributed by atoms with Gasteiger partial charge in [-0.25, -0.2) is 0 Å². The number of aromatic nitrogens is 2. The minimum atomic E-state index is 0.535. The summed E-state index contributed by atoms with van der Waals surface area (Å²) < 4.78 is 0. The van der Waals surface area contributed by atoms with Crippen LogP contribution in [0.4, 0.5) is 11.6 Å². The number of rotatable bonds is 6. The van der Waals surface area contributed by atoms with E-state index in [1.165, 1.54) is 0 Å². The van der Waals surface area contributed by atoms with Gasteiger partial charge in [0.2, 0.25) is 0 Å². The average Bonchev–Trinajstić information content (AvgIpc) is 2.75. The molecule has 4 aromatic rings. The van der Waals surface area contributed by atoms with E-state index in [-0.39, 0.29) is 0 Å². The van der Waals surface area contributed by atoms with E-state index in [4.69, 9.17) is 23.2 Å². The molecule has 0 spiro atoms. The Hall–Kier alpha value is -3.48. The van der Waals surface area contributed by atoms with Gasteiger partial charge in [-0.2, -0.15) is 10.2 Å². The van der Waals surface area contributed by atoms with E-state index in [0.29, 0.717) is 21.7 Å². The summed E-state index contributed by atoms with van der Waals surface area (Å²) in [6.07, 6.45) is 3.34. The van der Waals surface area contributed by atoms with Crippen LogP contribution in [0.2, 0.25) is 10.0 Å². The molecule has 30 heavy (non-hydrogen) atoms. The molecule has 0 aliphatic carbocycles. The Morgan fingerprint density at radius 3 is 1.53 bits per heavy atom. The molecule has 1 heterocycles. The maximum Gasteiger partial charge on any atom is 0.176 e. The minimum Gasteiger partial charge on any atom is -0.259 e. The van der Waals surface area contributed by atoms with Gasteiger partial charge in [-0.1, -0.05) is 71.7 Å². The van der Waals surface area contributed by atoms with Crippen LogP contribution in [0.3, 0.4) is 0 Å². The first-order chi connectivity index (χ1) is 14.7. The first-order valence-electron chi connectivity index (χ1n) is 9.04. The van der Waals surface area contributed by atoms with Crippen LogP contribution in [0, 0.1) is 0 Å². The Morgan fingerprint density at radius 1 is 0.633 bits per heavy atom. The summed E-state index contributed by atoms with van der Waals surface area (Å²) in [7, 11) is 0. The number of halogens is 2. The number of anilines is 2. The van der Waals surface area contributed by atoms with Crippen molar-refractivity contribution >= 4 is 58.0 Å². The fourth-order valence-corrected chi connectivity index (χ4v) is 3.18. The molecular formula is C22H16Cl2N6. The van der Waals surface area contributed by atoms with Crippen LogP contribution in [-0.2, 0) is 0 Å². The average molecular weight is 435 g/mol. The van der Waals surface area contributed by atoms with Crippen LogP contribution >= 0.6 is 23.2 Å². The van der Waals surface area contributed by atoms with Gasteiger partial charge in [0.25, 0.3) is 0 Å². The molecule has 0 bridgehead atoms. The molecule has 8 heteroatoms. The molecular weight excluding hydrogens is 419 g/mol. The van der Waals surface area contributed by atoms with E-state index in [0.717, 1.165) is 21.9 Å². The van der Waals surface area contributed by atoms with Crippen molar-refractivity contribution in [2.24, 2.45) is 10.2 Å². The molecule has 0 fully saturated rings. The third-order valence-electron chi connectivity index (χ3n) is 4.15. The number of hydrazone groups is 2. The van der Waals surface area contributed by atoms with Crippen molar-refractivity contribution < 1.29 is 0 Å². The molecule has 2 N–H and O–H groups in total. The molecule has 1 aromatic heterocycles. The van der Waals surface area contributed by atoms with Crippen LogP contribution in [0.1, 0.15) is 11.1 Å². The summed E-state index contributed by atoms with van der Waals surface area (Å²) in [6, 6.07) is 22.5. The van der Waals surface area contributed by atoms with E-state index in [2.05, 4.69) is 31.3 Å². The van der Waals surface area contributed by atoms with E-state index in [9.17, 15) is 0 Å². The maximum absolute atomic E-state index is 6.00. The van der Waals surface area contributed by atoms with Crippen molar-refractivity contribution in [3.05, 3.63) is 94.0 Å². The van der Waals surface area contributed by atoms with E-state index < -0.39 is 0 Å². The van der Waals surface area contributed by atoms with Crippen molar-refractivity contribution in [2.75, 3.05) is 10.9 Å². The van der Waals surface area contributed by atoms with Crippen LogP contribution < -0.4 is 10.9 Å². The third-order valence-corrected chi connectivity index (χ3v) is 4.62. The molecule has 0 aliphatic heterocycles. The lowest BCUT2D eigenvalue weighted by atomic mass is 10.2. The smallest absolute Gasteiger partial charge is 0.176 e. The van der Waals surface area contributed by atoms with Gasteiger partial charge in [-0.15, -0.1) is 10.2 Å². The van der Waals surface area contributed by atoms with Crippen LogP contribution in [0.25, 0.3) is 10.8 Å². The summed E-state index contributed by atoms with van der Waals surface area (Å²) in [6.45, 7) is 0. The summed E-state index contributed by atoms with van der Waals surface area (Å²) in [4.78, 5) is 0. The summed E-state index contributed by atoms with van der Waals surface area (Å²) in [5.41, 5.74) is 7.64. The van der Waals surface area contributed by atoms with E-state index in [1.807, 2.05) is 72.8 Å². The van der Waals surface area contributed by atoms with Gasteiger partial charge in [0.05, 0.1) is 12.4 Å². The summed E-state index contributed by atoms with van der Waals surface area (Å²) >= 11 is 12.0. The van der Waals surface area contributed by atoms with Crippen LogP contribution in [0.5, 0.6) is 0 Å². The SMILES string of the molecule is Clc1cccc(C=NNc2nnc(NN=Cc3cccc(Cl)c3)c3ccccc23)c1. The summed E-state index contributed by atoms with van der Waals surface area (Å²) in [5.74, 6) is 1.07. The van der Waals surface area contributed by atoms with E-state index in [1.54, 1.807) is 12.4 Å². The lowest BCUT2D eigenvalue weighted by molar-refractivity contribution is 1.03. The number of hydrogen-bond acceptors (Lipinski definition) is 6. The zero-order valence-electron chi connectivity index (χ0n) is 15.6. The molecule has 0 unspecified atom stereocenters. The second-order valence-electron chi connectivity index (χ2n) is 6.29. The molecule has 3 aromatic carbocycles. The predicted octanol–water partition coefficient (Wildman–Crippen LogP) is 5.83. The fourth-order valence-electron chi connectivity index (χ4n) is 2.78. The second-order valence-corrected chi connectivity index (χ2v) is 7.17. The van der Waals surface area contributed by atoms with Crippen molar-refractivity contribution in [1.29, 1.82) is 0 Å². The molecule has 0 saturated carbocycles. The standard InChI is InChI=1S/C22H16Cl2N6/c23-17-7-3-5-15(11-17)13-25-27-21-19-9-1-2-10-20(19)22(30-29-21)28-26-14-16-6-4-8-18(24)12-16/h1-14H,(H,27,29)(H,28,30). The highest BCUT2D eigenvalue weighted by Crippen LogP contribution is 2.26. The minimum absolute atomic E-state index is 0.535. The fraction of sp³-hybridized carbons (Fsp3) is 0. The van der Waals surface area contributed by atoms with Crippen molar-refractivity contribution in [2.45, 2.75) is 0 Å². The monoisotopic (exact) mass is 434 g/mol. The Labute approximate surface area is 183 Å². The largest absolute Gasteiger partial charge is 0.259 e. The molecule has 4 rings (SSSR count). The Morgan fingerprint density at radius 2 is 1.10 bits per heavy atom. The molecule has 0 saturated heterocycles. The van der Waals surface area contributed by atoms with Crippen molar-refractivity contribution in [1.82, 2.24) is 10.2 Å². The highest BCUT2D eigenvalue weighted by atomic mass is 35.5. The quantitative estimate of drug-likeness (QED) is 0.295. The second kappa shape index (κ2) is 9.35. The van der Waals surface area contributed by atoms with Gasteiger partial charge in [-0.3, -0.25) is 10.9 Å². The Balaban J connectivity index is 1.54. The van der Waals surface area contributed by atoms with Crippen LogP contribution in [0.15, 0.2) is 83.0 Å². The first-order valence-corrected chi connectivity index (χ1v) is 9.79. The number of fused-ring (bicyclic) bond motifs is 1.